The lowest BCUT2D eigenvalue weighted by Gasteiger charge is -2.25. The molecule has 22 nitrogen and oxygen atoms in total. The maximum absolute atomic E-state index is 13.5. The summed E-state index contributed by atoms with van der Waals surface area (Å²) >= 11 is 0. The fourth-order valence-electron chi connectivity index (χ4n) is 11.8. The number of hydrogen-bond donors (Lipinski definition) is 0. The minimum absolute atomic E-state index is 0.107. The van der Waals surface area contributed by atoms with Crippen LogP contribution in [0.25, 0.3) is 66.9 Å². The maximum Gasteiger partial charge on any atom is 0.435 e. The zero-order valence-corrected chi connectivity index (χ0v) is 61.8. The molecule has 8 aromatic carbocycles. The van der Waals surface area contributed by atoms with Crippen molar-refractivity contribution in [1.29, 1.82) is 5.26 Å². The fraction of sp³-hybridized carbons (Fsp3) is 0.176. The molecule has 0 fully saturated rings. The van der Waals surface area contributed by atoms with Crippen molar-refractivity contribution >= 4 is 67.2 Å². The molecule has 0 atom stereocenters. The van der Waals surface area contributed by atoms with Crippen molar-refractivity contribution in [2.45, 2.75) is 19.5 Å². The van der Waals surface area contributed by atoms with Crippen LogP contribution in [0.3, 0.4) is 0 Å². The number of ether oxygens (including phenoxy) is 6. The highest BCUT2D eigenvalue weighted by Crippen LogP contribution is 2.40. The summed E-state index contributed by atoms with van der Waals surface area (Å²) in [5.74, 6) is 19.5. The summed E-state index contributed by atoms with van der Waals surface area (Å²) in [7, 11) is 14.9. The fourth-order valence-corrected chi connectivity index (χ4v) is 11.8. The summed E-state index contributed by atoms with van der Waals surface area (Å²) in [6.07, 6.45) is 15.3. The van der Waals surface area contributed by atoms with Crippen LogP contribution >= 0.6 is 0 Å². The van der Waals surface area contributed by atoms with Crippen LogP contribution in [-0.4, -0.2) is 122 Å². The summed E-state index contributed by atoms with van der Waals surface area (Å²) in [5, 5.41) is 21.5. The number of hydrogen-bond acceptors (Lipinski definition) is 19. The lowest BCUT2D eigenvalue weighted by Crippen LogP contribution is -2.18. The number of nitriles is 1. The SMILES string of the molecule is C#Cc1ccc(C#CCN(c2cc(OC)cc(OC)c2)c2ccc3ncc(-c4cnn(C)c4)nc3c2)cc1.CCCN(c1cc(OC)cc(OC)c1)c1ccc2ncc(-c3cn(C)nc3C(F)(F)F)nc2c1.COc1cc(OC)cc(N(CC#Cc2ccccc2C#N)c2ccc3ncc(-c4cnn(C)c4)nc3c2)c1. The predicted molar refractivity (Wildman–Crippen MR) is 419 cm³/mol. The molecule has 550 valence electrons. The molecule has 0 radical (unpaired) electrons. The van der Waals surface area contributed by atoms with Gasteiger partial charge in [0.1, 0.15) is 40.6 Å². The van der Waals surface area contributed by atoms with Crippen LogP contribution in [0.15, 0.2) is 207 Å². The Labute approximate surface area is 633 Å². The Bertz CT molecular complexity index is 5820. The lowest BCUT2D eigenvalue weighted by molar-refractivity contribution is -0.141. The third-order valence-corrected chi connectivity index (χ3v) is 17.3. The van der Waals surface area contributed by atoms with Crippen molar-refractivity contribution in [1.82, 2.24) is 59.2 Å². The first-order chi connectivity index (χ1) is 53.4. The topological polar surface area (TPSA) is 220 Å². The molecule has 0 N–H and O–H groups in total. The summed E-state index contributed by atoms with van der Waals surface area (Å²) in [6.45, 7) is 3.51. The molecule has 14 aromatic rings. The predicted octanol–water partition coefficient (Wildman–Crippen LogP) is 15.9. The second-order valence-electron chi connectivity index (χ2n) is 24.7. The Morgan fingerprint density at radius 1 is 0.436 bits per heavy atom. The van der Waals surface area contributed by atoms with Gasteiger partial charge in [-0.15, -0.1) is 6.42 Å². The Hall–Kier alpha value is -14.4. The molecule has 0 saturated carbocycles. The molecule has 110 heavy (non-hydrogen) atoms. The number of aromatic nitrogens is 12. The molecule has 0 amide bonds. The van der Waals surface area contributed by atoms with Gasteiger partial charge in [0.2, 0.25) is 0 Å². The highest BCUT2D eigenvalue weighted by Gasteiger charge is 2.38. The first-order valence-corrected chi connectivity index (χ1v) is 34.3. The lowest BCUT2D eigenvalue weighted by atomic mass is 10.1. The third kappa shape index (κ3) is 17.9. The van der Waals surface area contributed by atoms with Crippen molar-refractivity contribution < 1.29 is 41.6 Å². The van der Waals surface area contributed by atoms with E-state index in [4.69, 9.17) is 44.8 Å². The van der Waals surface area contributed by atoms with Crippen LogP contribution < -0.4 is 43.1 Å². The minimum atomic E-state index is -4.60. The average molecular weight is 1470 g/mol. The minimum Gasteiger partial charge on any atom is -0.497 e. The number of aryl methyl sites for hydroxylation is 3. The van der Waals surface area contributed by atoms with Crippen molar-refractivity contribution in [2.24, 2.45) is 21.1 Å². The van der Waals surface area contributed by atoms with E-state index in [0.29, 0.717) is 76.3 Å². The number of rotatable bonds is 19. The molecule has 0 aliphatic carbocycles. The Morgan fingerprint density at radius 3 is 1.24 bits per heavy atom. The van der Waals surface area contributed by atoms with Crippen LogP contribution in [0.5, 0.6) is 34.5 Å². The van der Waals surface area contributed by atoms with Gasteiger partial charge in [-0.2, -0.15) is 33.7 Å². The molecular formula is C85H73F3N16O6. The summed E-state index contributed by atoms with van der Waals surface area (Å²) in [6, 6.07) is 51.5. The molecule has 25 heteroatoms. The number of fused-ring (bicyclic) bond motifs is 3. The van der Waals surface area contributed by atoms with Crippen LogP contribution in [0.4, 0.5) is 47.3 Å². The smallest absolute Gasteiger partial charge is 0.435 e. The number of terminal acetylenes is 1. The van der Waals surface area contributed by atoms with Gasteiger partial charge in [0, 0.05) is 163 Å². The molecule has 0 spiro atoms. The number of anilines is 6. The van der Waals surface area contributed by atoms with E-state index in [1.165, 1.54) is 19.4 Å². The van der Waals surface area contributed by atoms with Crippen molar-refractivity contribution in [2.75, 3.05) is 77.0 Å². The first-order valence-electron chi connectivity index (χ1n) is 34.3. The summed E-state index contributed by atoms with van der Waals surface area (Å²) in [5.41, 5.74) is 14.5. The van der Waals surface area contributed by atoms with Gasteiger partial charge < -0.3 is 43.1 Å². The molecule has 6 heterocycles. The Kier molecular flexibility index (Phi) is 23.4. The van der Waals surface area contributed by atoms with Gasteiger partial charge in [0.15, 0.2) is 5.69 Å². The number of halogens is 3. The Morgan fingerprint density at radius 2 is 0.836 bits per heavy atom. The zero-order valence-electron chi connectivity index (χ0n) is 61.8. The van der Waals surface area contributed by atoms with E-state index in [0.717, 1.165) is 101 Å². The molecule has 0 unspecified atom stereocenters. The van der Waals surface area contributed by atoms with Crippen LogP contribution in [0.1, 0.15) is 41.3 Å². The van der Waals surface area contributed by atoms with Gasteiger partial charge in [0.05, 0.1) is 148 Å². The summed E-state index contributed by atoms with van der Waals surface area (Å²) < 4.78 is 77.9. The van der Waals surface area contributed by atoms with Crippen molar-refractivity contribution in [3.8, 4) is 110 Å². The molecule has 0 bridgehead atoms. The molecule has 0 saturated heterocycles. The van der Waals surface area contributed by atoms with Gasteiger partial charge in [0.25, 0.3) is 0 Å². The van der Waals surface area contributed by atoms with Crippen LogP contribution in [-0.2, 0) is 27.3 Å². The largest absolute Gasteiger partial charge is 0.497 e. The van der Waals surface area contributed by atoms with Crippen LogP contribution in [0, 0.1) is 47.4 Å². The van der Waals surface area contributed by atoms with Gasteiger partial charge in [-0.3, -0.25) is 29.0 Å². The number of nitrogens with zero attached hydrogens (tertiary/aromatic N) is 16. The van der Waals surface area contributed by atoms with E-state index in [2.05, 4.69) is 87.6 Å². The van der Waals surface area contributed by atoms with Crippen molar-refractivity contribution in [3.05, 3.63) is 235 Å². The molecule has 6 aromatic heterocycles. The second-order valence-corrected chi connectivity index (χ2v) is 24.7. The van der Waals surface area contributed by atoms with Gasteiger partial charge in [-0.25, -0.2) is 15.0 Å². The highest BCUT2D eigenvalue weighted by atomic mass is 19.4. The van der Waals surface area contributed by atoms with Crippen molar-refractivity contribution in [3.63, 3.8) is 0 Å². The maximum atomic E-state index is 13.5. The highest BCUT2D eigenvalue weighted by molar-refractivity contribution is 5.86. The molecular weight excluding hydrogens is 1400 g/mol. The monoisotopic (exact) mass is 1470 g/mol. The third-order valence-electron chi connectivity index (χ3n) is 17.3. The molecule has 0 aliphatic rings. The van der Waals surface area contributed by atoms with Gasteiger partial charge in [-0.1, -0.05) is 48.7 Å². The molecule has 14 rings (SSSR count). The van der Waals surface area contributed by atoms with E-state index < -0.39 is 11.9 Å². The average Bonchev–Trinajstić information content (AvgIpc) is 1.39. The van der Waals surface area contributed by atoms with E-state index in [1.807, 2.05) is 171 Å². The van der Waals surface area contributed by atoms with Gasteiger partial charge in [-0.05, 0) is 97.4 Å². The Balaban J connectivity index is 0.000000154. The van der Waals surface area contributed by atoms with E-state index in [1.54, 1.807) is 95.0 Å². The van der Waals surface area contributed by atoms with E-state index in [9.17, 15) is 18.4 Å². The standard InChI is InChI=1S/C31H25N5O2.C30H24N6O2.C24H24F3N5O2/c1-5-22-8-10-23(11-9-22)7-6-14-36(26-15-27(37-3)18-28(16-26)38-4)25-12-13-29-30(17-25)34-31(20-32-29)24-19-33-35(2)21-24;1-35-20-23(18-33-35)30-19-32-28-11-10-24(15-29(28)34-30)36(25-13-26(37-2)16-27(14-25)38-3)12-6-9-21-7-4-5-8-22(21)17-31;1-5-8-32(16-9-17(33-3)12-18(10-16)34-4)15-6-7-20-21(11-15)29-22(13-28-20)19-14-31(2)30-23(19)24(25,26)27/h1,8-13,15-21H,14H2,2-4H3;4-5,7-8,10-11,13-16,18-20H,12H2,1-3H3;6-7,9-14H,5,8H2,1-4H3. The van der Waals surface area contributed by atoms with E-state index in [-0.39, 0.29) is 11.3 Å². The summed E-state index contributed by atoms with van der Waals surface area (Å²) in [4.78, 5) is 34.0. The normalized spacial score (nSPS) is 10.8. The number of alkyl halides is 3. The van der Waals surface area contributed by atoms with E-state index >= 15 is 0 Å². The zero-order chi connectivity index (χ0) is 77.4. The quantitative estimate of drug-likeness (QED) is 0.0687. The number of methoxy groups -OCH3 is 6. The second kappa shape index (κ2) is 34.2. The molecule has 0 aliphatic heterocycles. The number of benzene rings is 8. The first kappa shape index (κ1) is 75.3. The van der Waals surface area contributed by atoms with Crippen LogP contribution in [0.2, 0.25) is 0 Å². The van der Waals surface area contributed by atoms with Gasteiger partial charge >= 0.3 is 6.18 Å².